The van der Waals surface area contributed by atoms with Crippen LogP contribution in [0.25, 0.3) is 0 Å². The van der Waals surface area contributed by atoms with Gasteiger partial charge in [0.25, 0.3) is 0 Å². The zero-order valence-corrected chi connectivity index (χ0v) is 18.0. The lowest BCUT2D eigenvalue weighted by atomic mass is 9.79. The number of amides is 1. The Morgan fingerprint density at radius 1 is 1.00 bits per heavy atom. The average molecular weight is 391 g/mol. The van der Waals surface area contributed by atoms with Crippen molar-refractivity contribution in [1.29, 1.82) is 0 Å². The van der Waals surface area contributed by atoms with Gasteiger partial charge in [-0.05, 0) is 62.8 Å². The maximum atomic E-state index is 12.9. The molecule has 0 aliphatic carbocycles. The second-order valence-electron chi connectivity index (χ2n) is 9.30. The maximum Gasteiger partial charge on any atom is 0.222 e. The van der Waals surface area contributed by atoms with E-state index in [-0.39, 0.29) is 0 Å². The first-order valence-electron chi connectivity index (χ1n) is 11.1. The molecule has 0 bridgehead atoms. The minimum atomic E-state index is 0.306. The first-order chi connectivity index (χ1) is 14.0. The van der Waals surface area contributed by atoms with Crippen LogP contribution in [0.15, 0.2) is 48.5 Å². The lowest BCUT2D eigenvalue weighted by Gasteiger charge is -2.40. The van der Waals surface area contributed by atoms with Crippen LogP contribution < -0.4 is 0 Å². The third kappa shape index (κ3) is 4.90. The number of likely N-dealkylation sites (tertiary alicyclic amines) is 2. The molecule has 4 rings (SSSR count). The molecule has 2 heterocycles. The highest BCUT2D eigenvalue weighted by molar-refractivity contribution is 5.77. The molecule has 29 heavy (non-hydrogen) atoms. The van der Waals surface area contributed by atoms with Crippen molar-refractivity contribution in [3.63, 3.8) is 0 Å². The molecule has 3 nitrogen and oxygen atoms in total. The predicted octanol–water partition coefficient (Wildman–Crippen LogP) is 4.75. The van der Waals surface area contributed by atoms with Crippen molar-refractivity contribution in [1.82, 2.24) is 9.80 Å². The van der Waals surface area contributed by atoms with Crippen LogP contribution in [0.3, 0.4) is 0 Å². The number of carbonyl (C=O) groups is 1. The van der Waals surface area contributed by atoms with E-state index in [0.29, 0.717) is 17.7 Å². The van der Waals surface area contributed by atoms with E-state index >= 15 is 0 Å². The SMILES string of the molecule is Cc1cccc(CN2CCCC3(CCN(C(=O)CCc4ccccc4C)C3)C2)c1. The summed E-state index contributed by atoms with van der Waals surface area (Å²) in [5.41, 5.74) is 5.64. The first-order valence-corrected chi connectivity index (χ1v) is 11.1. The molecule has 0 N–H and O–H groups in total. The van der Waals surface area contributed by atoms with Crippen LogP contribution in [0.1, 0.15) is 47.9 Å². The van der Waals surface area contributed by atoms with Crippen LogP contribution in [-0.2, 0) is 17.8 Å². The summed E-state index contributed by atoms with van der Waals surface area (Å²) in [6, 6.07) is 17.3. The number of hydrogen-bond donors (Lipinski definition) is 0. The van der Waals surface area contributed by atoms with Crippen LogP contribution in [-0.4, -0.2) is 41.9 Å². The summed E-state index contributed by atoms with van der Waals surface area (Å²) >= 11 is 0. The standard InChI is InChI=1S/C26H34N2O/c1-21-7-5-9-23(17-21)18-27-15-6-13-26(19-27)14-16-28(20-26)25(29)12-11-24-10-4-3-8-22(24)2/h3-5,7-10,17H,6,11-16,18-20H2,1-2H3. The maximum absolute atomic E-state index is 12.9. The number of rotatable bonds is 5. The molecule has 2 aromatic carbocycles. The van der Waals surface area contributed by atoms with Crippen molar-refractivity contribution in [3.05, 3.63) is 70.8 Å². The van der Waals surface area contributed by atoms with Gasteiger partial charge in [-0.25, -0.2) is 0 Å². The molecule has 2 aromatic rings. The van der Waals surface area contributed by atoms with Gasteiger partial charge in [0.2, 0.25) is 5.91 Å². The van der Waals surface area contributed by atoms with Crippen LogP contribution in [0.4, 0.5) is 0 Å². The monoisotopic (exact) mass is 390 g/mol. The summed E-state index contributed by atoms with van der Waals surface area (Å²) < 4.78 is 0. The molecule has 2 saturated heterocycles. The van der Waals surface area contributed by atoms with Crippen LogP contribution >= 0.6 is 0 Å². The molecule has 3 heteroatoms. The number of aryl methyl sites for hydroxylation is 3. The lowest BCUT2D eigenvalue weighted by molar-refractivity contribution is -0.130. The second kappa shape index (κ2) is 8.71. The number of carbonyl (C=O) groups excluding carboxylic acids is 1. The molecular weight excluding hydrogens is 356 g/mol. The number of benzene rings is 2. The molecule has 154 valence electrons. The van der Waals surface area contributed by atoms with E-state index in [1.807, 2.05) is 0 Å². The topological polar surface area (TPSA) is 23.6 Å². The van der Waals surface area contributed by atoms with Crippen LogP contribution in [0, 0.1) is 19.3 Å². The van der Waals surface area contributed by atoms with Crippen LogP contribution in [0.2, 0.25) is 0 Å². The Kier molecular flexibility index (Phi) is 6.05. The van der Waals surface area contributed by atoms with E-state index in [0.717, 1.165) is 39.0 Å². The molecule has 0 radical (unpaired) electrons. The Labute approximate surface area is 175 Å². The summed E-state index contributed by atoms with van der Waals surface area (Å²) in [5, 5.41) is 0. The Morgan fingerprint density at radius 2 is 1.86 bits per heavy atom. The summed E-state index contributed by atoms with van der Waals surface area (Å²) in [6.45, 7) is 9.52. The van der Waals surface area contributed by atoms with Crippen molar-refractivity contribution >= 4 is 5.91 Å². The summed E-state index contributed by atoms with van der Waals surface area (Å²) in [5.74, 6) is 0.334. The van der Waals surface area contributed by atoms with Crippen LogP contribution in [0.5, 0.6) is 0 Å². The molecular formula is C26H34N2O. The minimum absolute atomic E-state index is 0.306. The third-order valence-electron chi connectivity index (χ3n) is 6.89. The van der Waals surface area contributed by atoms with Gasteiger partial charge < -0.3 is 4.90 Å². The molecule has 0 saturated carbocycles. The smallest absolute Gasteiger partial charge is 0.222 e. The Balaban J connectivity index is 1.32. The second-order valence-corrected chi connectivity index (χ2v) is 9.30. The highest BCUT2D eigenvalue weighted by atomic mass is 16.2. The van der Waals surface area contributed by atoms with Gasteiger partial charge in [0.05, 0.1) is 0 Å². The highest BCUT2D eigenvalue weighted by Crippen LogP contribution is 2.39. The fourth-order valence-corrected chi connectivity index (χ4v) is 5.29. The fourth-order valence-electron chi connectivity index (χ4n) is 5.29. The zero-order chi connectivity index (χ0) is 20.3. The van der Waals surface area contributed by atoms with Gasteiger partial charge in [0.1, 0.15) is 0 Å². The summed E-state index contributed by atoms with van der Waals surface area (Å²) in [7, 11) is 0. The van der Waals surface area contributed by atoms with Gasteiger partial charge in [-0.3, -0.25) is 9.69 Å². The molecule has 2 aliphatic heterocycles. The van der Waals surface area contributed by atoms with Gasteiger partial charge >= 0.3 is 0 Å². The van der Waals surface area contributed by atoms with E-state index < -0.39 is 0 Å². The Hall–Kier alpha value is -2.13. The molecule has 1 spiro atoms. The first kappa shape index (κ1) is 20.2. The predicted molar refractivity (Wildman–Crippen MR) is 119 cm³/mol. The fraction of sp³-hybridized carbons (Fsp3) is 0.500. The summed E-state index contributed by atoms with van der Waals surface area (Å²) in [4.78, 5) is 17.6. The number of piperidine rings is 1. The van der Waals surface area contributed by atoms with Gasteiger partial charge in [-0.2, -0.15) is 0 Å². The summed E-state index contributed by atoms with van der Waals surface area (Å²) in [6.07, 6.45) is 5.16. The molecule has 1 atom stereocenters. The van der Waals surface area contributed by atoms with E-state index in [1.54, 1.807) is 0 Å². The van der Waals surface area contributed by atoms with Gasteiger partial charge in [0, 0.05) is 38.0 Å². The van der Waals surface area contributed by atoms with Crippen molar-refractivity contribution in [2.45, 2.75) is 52.5 Å². The quantitative estimate of drug-likeness (QED) is 0.735. The number of hydrogen-bond acceptors (Lipinski definition) is 2. The van der Waals surface area contributed by atoms with E-state index in [1.165, 1.54) is 41.6 Å². The highest BCUT2D eigenvalue weighted by Gasteiger charge is 2.42. The minimum Gasteiger partial charge on any atom is -0.342 e. The molecule has 1 unspecified atom stereocenters. The van der Waals surface area contributed by atoms with E-state index in [4.69, 9.17) is 0 Å². The lowest BCUT2D eigenvalue weighted by Crippen LogP contribution is -2.45. The number of nitrogens with zero attached hydrogens (tertiary/aromatic N) is 2. The van der Waals surface area contributed by atoms with Crippen molar-refractivity contribution in [2.24, 2.45) is 5.41 Å². The molecule has 0 aromatic heterocycles. The van der Waals surface area contributed by atoms with Gasteiger partial charge in [-0.15, -0.1) is 0 Å². The average Bonchev–Trinajstić information content (AvgIpc) is 3.10. The van der Waals surface area contributed by atoms with Crippen molar-refractivity contribution in [3.8, 4) is 0 Å². The van der Waals surface area contributed by atoms with Crippen molar-refractivity contribution in [2.75, 3.05) is 26.2 Å². The van der Waals surface area contributed by atoms with Gasteiger partial charge in [-0.1, -0.05) is 54.1 Å². The largest absolute Gasteiger partial charge is 0.342 e. The van der Waals surface area contributed by atoms with E-state index in [9.17, 15) is 4.79 Å². The molecule has 2 fully saturated rings. The third-order valence-corrected chi connectivity index (χ3v) is 6.89. The Morgan fingerprint density at radius 3 is 2.69 bits per heavy atom. The molecule has 1 amide bonds. The van der Waals surface area contributed by atoms with Gasteiger partial charge in [0.15, 0.2) is 0 Å². The molecule has 2 aliphatic rings. The van der Waals surface area contributed by atoms with E-state index in [2.05, 4.69) is 72.2 Å². The van der Waals surface area contributed by atoms with Crippen molar-refractivity contribution < 1.29 is 4.79 Å². The normalized spacial score (nSPS) is 22.3. The Bertz CT molecular complexity index is 861. The zero-order valence-electron chi connectivity index (χ0n) is 18.0.